The SMILES string of the molecule is CSCC(C)N(C)C(=O)c1cc2ccccc2cc1N. The van der Waals surface area contributed by atoms with Crippen molar-refractivity contribution in [1.29, 1.82) is 0 Å². The second-order valence-corrected chi connectivity index (χ2v) is 5.92. The quantitative estimate of drug-likeness (QED) is 0.879. The lowest BCUT2D eigenvalue weighted by molar-refractivity contribution is 0.0759. The number of hydrogen-bond donors (Lipinski definition) is 1. The van der Waals surface area contributed by atoms with Crippen LogP contribution in [0.5, 0.6) is 0 Å². The molecule has 0 bridgehead atoms. The van der Waals surface area contributed by atoms with Crippen LogP contribution in [-0.2, 0) is 0 Å². The summed E-state index contributed by atoms with van der Waals surface area (Å²) in [6, 6.07) is 11.9. The van der Waals surface area contributed by atoms with Crippen LogP contribution in [-0.4, -0.2) is 35.9 Å². The molecular formula is C16H20N2OS. The molecule has 0 aliphatic carbocycles. The van der Waals surface area contributed by atoms with E-state index in [0.717, 1.165) is 16.5 Å². The molecule has 0 saturated carbocycles. The number of fused-ring (bicyclic) bond motifs is 1. The fourth-order valence-corrected chi connectivity index (χ4v) is 2.89. The van der Waals surface area contributed by atoms with Gasteiger partial charge >= 0.3 is 0 Å². The van der Waals surface area contributed by atoms with Crippen molar-refractivity contribution in [3.63, 3.8) is 0 Å². The minimum Gasteiger partial charge on any atom is -0.398 e. The molecule has 1 amide bonds. The van der Waals surface area contributed by atoms with Gasteiger partial charge in [-0.05, 0) is 36.1 Å². The highest BCUT2D eigenvalue weighted by Gasteiger charge is 2.19. The van der Waals surface area contributed by atoms with Gasteiger partial charge in [0.2, 0.25) is 0 Å². The molecule has 4 heteroatoms. The normalized spacial score (nSPS) is 12.3. The van der Waals surface area contributed by atoms with Gasteiger partial charge in [-0.25, -0.2) is 0 Å². The molecule has 0 saturated heterocycles. The van der Waals surface area contributed by atoms with E-state index in [2.05, 4.69) is 0 Å². The third-order valence-corrected chi connectivity index (χ3v) is 4.35. The zero-order valence-electron chi connectivity index (χ0n) is 12.1. The van der Waals surface area contributed by atoms with Crippen LogP contribution < -0.4 is 5.73 Å². The first-order valence-electron chi connectivity index (χ1n) is 6.59. The van der Waals surface area contributed by atoms with Gasteiger partial charge in [0, 0.05) is 24.5 Å². The minimum atomic E-state index is -0.0187. The summed E-state index contributed by atoms with van der Waals surface area (Å²) in [7, 11) is 1.83. The van der Waals surface area contributed by atoms with Crippen LogP contribution in [0.25, 0.3) is 10.8 Å². The van der Waals surface area contributed by atoms with Crippen LogP contribution in [0, 0.1) is 0 Å². The molecule has 20 heavy (non-hydrogen) atoms. The number of carbonyl (C=O) groups is 1. The van der Waals surface area contributed by atoms with Crippen LogP contribution in [0.4, 0.5) is 5.69 Å². The van der Waals surface area contributed by atoms with Crippen LogP contribution >= 0.6 is 11.8 Å². The van der Waals surface area contributed by atoms with Crippen LogP contribution in [0.2, 0.25) is 0 Å². The van der Waals surface area contributed by atoms with E-state index in [9.17, 15) is 4.79 Å². The maximum Gasteiger partial charge on any atom is 0.255 e. The molecule has 2 aromatic carbocycles. The maximum atomic E-state index is 12.6. The number of nitrogen functional groups attached to an aromatic ring is 1. The molecule has 0 aromatic heterocycles. The molecule has 3 nitrogen and oxygen atoms in total. The fourth-order valence-electron chi connectivity index (χ4n) is 2.19. The molecule has 0 heterocycles. The number of rotatable bonds is 4. The minimum absolute atomic E-state index is 0.0187. The average molecular weight is 288 g/mol. The lowest BCUT2D eigenvalue weighted by atomic mass is 10.0. The molecule has 0 spiro atoms. The summed E-state index contributed by atoms with van der Waals surface area (Å²) >= 11 is 1.73. The Morgan fingerprint density at radius 2 is 1.90 bits per heavy atom. The van der Waals surface area contributed by atoms with Gasteiger partial charge in [-0.1, -0.05) is 24.3 Å². The second kappa shape index (κ2) is 6.18. The molecular weight excluding hydrogens is 268 g/mol. The Kier molecular flexibility index (Phi) is 4.55. The van der Waals surface area contributed by atoms with Crippen LogP contribution in [0.15, 0.2) is 36.4 Å². The average Bonchev–Trinajstić information content (AvgIpc) is 2.45. The number of thioether (sulfide) groups is 1. The van der Waals surface area contributed by atoms with E-state index in [1.165, 1.54) is 0 Å². The van der Waals surface area contributed by atoms with Crippen molar-refractivity contribution in [2.45, 2.75) is 13.0 Å². The van der Waals surface area contributed by atoms with E-state index >= 15 is 0 Å². The third kappa shape index (κ3) is 2.90. The van der Waals surface area contributed by atoms with Gasteiger partial charge in [0.15, 0.2) is 0 Å². The highest BCUT2D eigenvalue weighted by atomic mass is 32.2. The summed E-state index contributed by atoms with van der Waals surface area (Å²) in [5.74, 6) is 0.894. The lowest BCUT2D eigenvalue weighted by Crippen LogP contribution is -2.36. The van der Waals surface area contributed by atoms with Crippen molar-refractivity contribution < 1.29 is 4.79 Å². The van der Waals surface area contributed by atoms with Crippen molar-refractivity contribution >= 4 is 34.1 Å². The molecule has 0 radical (unpaired) electrons. The molecule has 0 aliphatic rings. The largest absolute Gasteiger partial charge is 0.398 e. The maximum absolute atomic E-state index is 12.6. The second-order valence-electron chi connectivity index (χ2n) is 5.01. The predicted octanol–water partition coefficient (Wildman–Crippen LogP) is 3.25. The molecule has 0 fully saturated rings. The molecule has 0 aliphatic heterocycles. The molecule has 106 valence electrons. The standard InChI is InChI=1S/C16H20N2OS/c1-11(10-20-3)18(2)16(19)14-8-12-6-4-5-7-13(12)9-15(14)17/h4-9,11H,10,17H2,1-3H3. The summed E-state index contributed by atoms with van der Waals surface area (Å²) < 4.78 is 0. The molecule has 2 rings (SSSR count). The van der Waals surface area contributed by atoms with E-state index in [1.807, 2.05) is 56.6 Å². The monoisotopic (exact) mass is 288 g/mol. The number of benzene rings is 2. The molecule has 2 aromatic rings. The summed E-state index contributed by atoms with van der Waals surface area (Å²) in [6.45, 7) is 2.05. The lowest BCUT2D eigenvalue weighted by Gasteiger charge is -2.25. The van der Waals surface area contributed by atoms with E-state index in [4.69, 9.17) is 5.73 Å². The van der Waals surface area contributed by atoms with E-state index in [0.29, 0.717) is 11.3 Å². The van der Waals surface area contributed by atoms with Gasteiger partial charge in [-0.3, -0.25) is 4.79 Å². The van der Waals surface area contributed by atoms with Gasteiger partial charge in [-0.2, -0.15) is 11.8 Å². The highest BCUT2D eigenvalue weighted by Crippen LogP contribution is 2.23. The van der Waals surface area contributed by atoms with Crippen molar-refractivity contribution in [1.82, 2.24) is 4.90 Å². The summed E-state index contributed by atoms with van der Waals surface area (Å²) in [4.78, 5) is 14.3. The Balaban J connectivity index is 2.36. The number of anilines is 1. The smallest absolute Gasteiger partial charge is 0.255 e. The molecule has 1 unspecified atom stereocenters. The predicted molar refractivity (Wildman–Crippen MR) is 88.3 cm³/mol. The highest BCUT2D eigenvalue weighted by molar-refractivity contribution is 7.98. The zero-order valence-corrected chi connectivity index (χ0v) is 12.9. The first-order valence-corrected chi connectivity index (χ1v) is 7.98. The number of nitrogens with two attached hydrogens (primary N) is 1. The first kappa shape index (κ1) is 14.7. The van der Waals surface area contributed by atoms with E-state index in [1.54, 1.807) is 16.7 Å². The Labute approximate surface area is 124 Å². The van der Waals surface area contributed by atoms with Crippen molar-refractivity contribution in [3.8, 4) is 0 Å². The van der Waals surface area contributed by atoms with Crippen molar-refractivity contribution in [2.75, 3.05) is 24.8 Å². The molecule has 2 N–H and O–H groups in total. The number of amides is 1. The number of carbonyl (C=O) groups excluding carboxylic acids is 1. The van der Waals surface area contributed by atoms with E-state index < -0.39 is 0 Å². The van der Waals surface area contributed by atoms with Gasteiger partial charge in [0.1, 0.15) is 0 Å². The summed E-state index contributed by atoms with van der Waals surface area (Å²) in [5.41, 5.74) is 7.17. The Bertz CT molecular complexity index is 627. The van der Waals surface area contributed by atoms with E-state index in [-0.39, 0.29) is 11.9 Å². The number of nitrogens with zero attached hydrogens (tertiary/aromatic N) is 1. The topological polar surface area (TPSA) is 46.3 Å². The van der Waals surface area contributed by atoms with Gasteiger partial charge in [-0.15, -0.1) is 0 Å². The van der Waals surface area contributed by atoms with Gasteiger partial charge in [0.05, 0.1) is 5.56 Å². The van der Waals surface area contributed by atoms with Gasteiger partial charge < -0.3 is 10.6 Å². The Hall–Kier alpha value is -1.68. The number of hydrogen-bond acceptors (Lipinski definition) is 3. The first-order chi connectivity index (χ1) is 9.54. The third-order valence-electron chi connectivity index (χ3n) is 3.54. The summed E-state index contributed by atoms with van der Waals surface area (Å²) in [5, 5.41) is 2.09. The van der Waals surface area contributed by atoms with Crippen molar-refractivity contribution in [3.05, 3.63) is 42.0 Å². The van der Waals surface area contributed by atoms with Crippen LogP contribution in [0.3, 0.4) is 0 Å². The summed E-state index contributed by atoms with van der Waals surface area (Å²) in [6.07, 6.45) is 2.04. The Morgan fingerprint density at radius 3 is 2.50 bits per heavy atom. The zero-order chi connectivity index (χ0) is 14.7. The molecule has 1 atom stereocenters. The van der Waals surface area contributed by atoms with Crippen molar-refractivity contribution in [2.24, 2.45) is 0 Å². The fraction of sp³-hybridized carbons (Fsp3) is 0.312. The Morgan fingerprint density at radius 1 is 1.30 bits per heavy atom. The van der Waals surface area contributed by atoms with Crippen LogP contribution in [0.1, 0.15) is 17.3 Å². The van der Waals surface area contributed by atoms with Gasteiger partial charge in [0.25, 0.3) is 5.91 Å².